The highest BCUT2D eigenvalue weighted by atomic mass is 16.5. The van der Waals surface area contributed by atoms with Gasteiger partial charge in [-0.15, -0.1) is 0 Å². The summed E-state index contributed by atoms with van der Waals surface area (Å²) in [4.78, 5) is 24.6. The van der Waals surface area contributed by atoms with Crippen LogP contribution in [0.5, 0.6) is 0 Å². The lowest BCUT2D eigenvalue weighted by atomic mass is 10.0. The van der Waals surface area contributed by atoms with Gasteiger partial charge in [-0.25, -0.2) is 0 Å². The van der Waals surface area contributed by atoms with Crippen LogP contribution in [0.1, 0.15) is 418 Å². The second-order valence-corrected chi connectivity index (χ2v) is 25.6. The van der Waals surface area contributed by atoms with Gasteiger partial charge in [-0.3, -0.25) is 9.59 Å². The molecule has 6 heteroatoms. The molecule has 480 valence electrons. The third-order valence-corrected chi connectivity index (χ3v) is 17.5. The van der Waals surface area contributed by atoms with Gasteiger partial charge in [-0.1, -0.05) is 372 Å². The van der Waals surface area contributed by atoms with Crippen LogP contribution in [0.25, 0.3) is 0 Å². The second-order valence-electron chi connectivity index (χ2n) is 25.6. The van der Waals surface area contributed by atoms with Crippen LogP contribution in [0.3, 0.4) is 0 Å². The van der Waals surface area contributed by atoms with E-state index < -0.39 is 12.1 Å². The molecule has 0 saturated carbocycles. The highest BCUT2D eigenvalue weighted by Gasteiger charge is 2.18. The summed E-state index contributed by atoms with van der Waals surface area (Å²) in [5.74, 6) is -0.0423. The molecule has 0 heterocycles. The van der Waals surface area contributed by atoms with Crippen molar-refractivity contribution in [1.82, 2.24) is 5.32 Å². The number of carbonyl (C=O) groups is 2. The number of hydrogen-bond donors (Lipinski definition) is 3. The van der Waals surface area contributed by atoms with Crippen molar-refractivity contribution in [2.24, 2.45) is 0 Å². The molecule has 0 fully saturated rings. The van der Waals surface area contributed by atoms with Crippen LogP contribution in [0.15, 0.2) is 24.3 Å². The fraction of sp³-hybridized carbons (Fsp3) is 0.920. The molecular weight excluding hydrogens is 995 g/mol. The van der Waals surface area contributed by atoms with Crippen molar-refractivity contribution < 1.29 is 24.5 Å². The molecule has 81 heavy (non-hydrogen) atoms. The Balaban J connectivity index is 3.36. The molecular formula is C75H145NO5. The first-order valence-corrected chi connectivity index (χ1v) is 37.1. The van der Waals surface area contributed by atoms with Crippen molar-refractivity contribution in [3.63, 3.8) is 0 Å². The maximum absolute atomic E-state index is 12.5. The van der Waals surface area contributed by atoms with Crippen LogP contribution in [0.4, 0.5) is 0 Å². The normalized spacial score (nSPS) is 12.6. The van der Waals surface area contributed by atoms with E-state index in [-0.39, 0.29) is 18.5 Å². The molecule has 0 aromatic carbocycles. The molecule has 3 N–H and O–H groups in total. The van der Waals surface area contributed by atoms with Crippen molar-refractivity contribution >= 4 is 11.9 Å². The Kier molecular flexibility index (Phi) is 69.4. The van der Waals surface area contributed by atoms with Crippen molar-refractivity contribution in [2.45, 2.75) is 431 Å². The van der Waals surface area contributed by atoms with Crippen molar-refractivity contribution in [3.05, 3.63) is 24.3 Å². The number of allylic oxidation sites excluding steroid dienone is 3. The zero-order chi connectivity index (χ0) is 58.5. The fourth-order valence-electron chi connectivity index (χ4n) is 11.8. The van der Waals surface area contributed by atoms with Gasteiger partial charge in [0.1, 0.15) is 0 Å². The zero-order valence-corrected chi connectivity index (χ0v) is 55.0. The molecule has 0 radical (unpaired) electrons. The van der Waals surface area contributed by atoms with Gasteiger partial charge in [0.15, 0.2) is 0 Å². The zero-order valence-electron chi connectivity index (χ0n) is 55.0. The van der Waals surface area contributed by atoms with Gasteiger partial charge in [-0.2, -0.15) is 0 Å². The fourth-order valence-corrected chi connectivity index (χ4v) is 11.8. The molecule has 0 aliphatic rings. The highest BCUT2D eigenvalue weighted by molar-refractivity contribution is 5.76. The Morgan fingerprint density at radius 2 is 0.580 bits per heavy atom. The predicted molar refractivity (Wildman–Crippen MR) is 356 cm³/mol. The minimum atomic E-state index is -0.844. The monoisotopic (exact) mass is 1140 g/mol. The van der Waals surface area contributed by atoms with E-state index in [9.17, 15) is 19.8 Å². The van der Waals surface area contributed by atoms with E-state index in [1.54, 1.807) is 6.08 Å². The number of rotatable bonds is 70. The molecule has 2 atom stereocenters. The number of hydrogen-bond acceptors (Lipinski definition) is 5. The first-order valence-electron chi connectivity index (χ1n) is 37.1. The summed E-state index contributed by atoms with van der Waals surface area (Å²) in [5, 5.41) is 23.2. The smallest absolute Gasteiger partial charge is 0.305 e. The maximum atomic E-state index is 12.5. The molecule has 0 saturated heterocycles. The molecule has 0 spiro atoms. The van der Waals surface area contributed by atoms with Gasteiger partial charge in [0, 0.05) is 12.8 Å². The Morgan fingerprint density at radius 3 is 0.877 bits per heavy atom. The lowest BCUT2D eigenvalue weighted by Crippen LogP contribution is -2.45. The van der Waals surface area contributed by atoms with E-state index in [0.29, 0.717) is 19.4 Å². The van der Waals surface area contributed by atoms with Crippen LogP contribution in [0, 0.1) is 0 Å². The van der Waals surface area contributed by atoms with E-state index in [2.05, 4.69) is 31.3 Å². The second kappa shape index (κ2) is 70.8. The third kappa shape index (κ3) is 67.3. The van der Waals surface area contributed by atoms with Crippen molar-refractivity contribution in [1.29, 1.82) is 0 Å². The van der Waals surface area contributed by atoms with Gasteiger partial charge in [-0.05, 0) is 57.8 Å². The summed E-state index contributed by atoms with van der Waals surface area (Å²) < 4.78 is 5.52. The van der Waals surface area contributed by atoms with E-state index in [1.165, 1.54) is 353 Å². The summed E-state index contributed by atoms with van der Waals surface area (Å²) in [6.45, 7) is 4.95. The Bertz CT molecular complexity index is 1270. The minimum Gasteiger partial charge on any atom is -0.466 e. The average Bonchev–Trinajstić information content (AvgIpc) is 3.47. The number of carbonyl (C=O) groups excluding carboxylic acids is 2. The SMILES string of the molecule is CCCCCCCCCCCCCCCC/C=C/C(O)C(CO)NC(=O)CCCCCCCCCCCCCCC/C=C\CCCCCCCCCCCCCCOC(=O)CCCCCCCCCCCCCCCCCCCCC. The standard InChI is InChI=1S/C75H145NO5/c1-3-5-7-9-11-13-15-17-19-21-33-37-41-45-49-53-57-61-65-69-75(80)81-70-66-62-58-54-50-46-42-38-35-32-30-28-26-24-22-23-25-27-29-31-34-36-40-44-48-52-56-60-64-68-74(79)76-72(71-77)73(78)67-63-59-55-51-47-43-39-20-18-16-14-12-10-8-6-4-2/h22,24,63,67,72-73,77-78H,3-21,23,25-62,64-66,68-71H2,1-2H3,(H,76,79)/b24-22-,67-63+. The number of amides is 1. The molecule has 0 aliphatic carbocycles. The van der Waals surface area contributed by atoms with Gasteiger partial charge in [0.05, 0.1) is 25.4 Å². The van der Waals surface area contributed by atoms with Crippen LogP contribution in [-0.2, 0) is 14.3 Å². The number of ether oxygens (including phenoxy) is 1. The molecule has 6 nitrogen and oxygen atoms in total. The molecule has 0 bridgehead atoms. The topological polar surface area (TPSA) is 95.9 Å². The Morgan fingerprint density at radius 1 is 0.333 bits per heavy atom. The summed E-state index contributed by atoms with van der Waals surface area (Å²) in [6, 6.07) is -0.627. The van der Waals surface area contributed by atoms with Gasteiger partial charge in [0.25, 0.3) is 0 Å². The number of esters is 1. The maximum Gasteiger partial charge on any atom is 0.305 e. The third-order valence-electron chi connectivity index (χ3n) is 17.5. The lowest BCUT2D eigenvalue weighted by Gasteiger charge is -2.20. The summed E-state index contributed by atoms with van der Waals surface area (Å²) in [7, 11) is 0. The number of aliphatic hydroxyl groups excluding tert-OH is 2. The van der Waals surface area contributed by atoms with Crippen molar-refractivity contribution in [3.8, 4) is 0 Å². The lowest BCUT2D eigenvalue weighted by molar-refractivity contribution is -0.143. The van der Waals surface area contributed by atoms with Gasteiger partial charge < -0.3 is 20.3 Å². The molecule has 0 aromatic rings. The largest absolute Gasteiger partial charge is 0.466 e. The molecule has 1 amide bonds. The van der Waals surface area contributed by atoms with Crippen LogP contribution < -0.4 is 5.32 Å². The van der Waals surface area contributed by atoms with Crippen LogP contribution >= 0.6 is 0 Å². The first kappa shape index (κ1) is 79.3. The van der Waals surface area contributed by atoms with E-state index in [4.69, 9.17) is 4.74 Å². The summed E-state index contributed by atoms with van der Waals surface area (Å²) >= 11 is 0. The highest BCUT2D eigenvalue weighted by Crippen LogP contribution is 2.19. The number of nitrogens with one attached hydrogen (secondary N) is 1. The Hall–Kier alpha value is -1.66. The molecule has 0 aliphatic heterocycles. The van der Waals surface area contributed by atoms with E-state index in [1.807, 2.05) is 6.08 Å². The quantitative estimate of drug-likeness (QED) is 0.0320. The van der Waals surface area contributed by atoms with Gasteiger partial charge in [0.2, 0.25) is 5.91 Å². The minimum absolute atomic E-state index is 0.0218. The summed E-state index contributed by atoms with van der Waals surface area (Å²) in [5.41, 5.74) is 0. The van der Waals surface area contributed by atoms with E-state index in [0.717, 1.165) is 38.5 Å². The van der Waals surface area contributed by atoms with Crippen LogP contribution in [0.2, 0.25) is 0 Å². The molecule has 2 unspecified atom stereocenters. The number of unbranched alkanes of at least 4 members (excludes halogenated alkanes) is 57. The number of aliphatic hydroxyl groups is 2. The molecule has 0 rings (SSSR count). The van der Waals surface area contributed by atoms with Crippen molar-refractivity contribution in [2.75, 3.05) is 13.2 Å². The van der Waals surface area contributed by atoms with Gasteiger partial charge >= 0.3 is 5.97 Å². The average molecular weight is 1140 g/mol. The summed E-state index contributed by atoms with van der Waals surface area (Å²) in [6.07, 6.45) is 89.9. The van der Waals surface area contributed by atoms with E-state index >= 15 is 0 Å². The first-order chi connectivity index (χ1) is 40.0. The Labute approximate surface area is 507 Å². The predicted octanol–water partition coefficient (Wildman–Crippen LogP) is 24.1. The molecule has 0 aromatic heterocycles. The van der Waals surface area contributed by atoms with Crippen LogP contribution in [-0.4, -0.2) is 47.4 Å².